The smallest absolute Gasteiger partial charge is 0.140 e. The van der Waals surface area contributed by atoms with Gasteiger partial charge in [0, 0.05) is 24.4 Å². The zero-order valence-electron chi connectivity index (χ0n) is 9.13. The van der Waals surface area contributed by atoms with Gasteiger partial charge in [-0.25, -0.2) is 0 Å². The maximum absolute atomic E-state index is 5.33. The van der Waals surface area contributed by atoms with Crippen LogP contribution in [0.4, 0.5) is 0 Å². The van der Waals surface area contributed by atoms with Gasteiger partial charge in [-0.3, -0.25) is 0 Å². The molecule has 1 heterocycles. The fraction of sp³-hybridized carbons (Fsp3) is 0.727. The molecule has 0 bridgehead atoms. The van der Waals surface area contributed by atoms with Crippen LogP contribution < -0.4 is 5.32 Å². The number of aryl methyl sites for hydroxylation is 2. The van der Waals surface area contributed by atoms with Crippen molar-refractivity contribution in [2.24, 2.45) is 5.92 Å². The van der Waals surface area contributed by atoms with Gasteiger partial charge in [0.1, 0.15) is 5.76 Å². The first kappa shape index (κ1) is 9.71. The fourth-order valence-electron chi connectivity index (χ4n) is 2.45. The Hall–Kier alpha value is -0.830. The van der Waals surface area contributed by atoms with Gasteiger partial charge in [-0.05, 0) is 26.3 Å². The molecule has 3 heteroatoms. The summed E-state index contributed by atoms with van der Waals surface area (Å²) in [5, 5.41) is 7.32. The second-order valence-corrected chi connectivity index (χ2v) is 4.28. The van der Waals surface area contributed by atoms with Crippen LogP contribution in [0.2, 0.25) is 0 Å². The lowest BCUT2D eigenvalue weighted by atomic mass is 9.78. The number of nitrogens with one attached hydrogen (secondary N) is 1. The van der Waals surface area contributed by atoms with Gasteiger partial charge >= 0.3 is 0 Å². The maximum atomic E-state index is 5.33. The minimum absolute atomic E-state index is 0.579. The van der Waals surface area contributed by atoms with E-state index in [2.05, 4.69) is 17.4 Å². The van der Waals surface area contributed by atoms with Crippen molar-refractivity contribution >= 4 is 0 Å². The van der Waals surface area contributed by atoms with Crippen LogP contribution in [-0.2, 0) is 6.42 Å². The maximum Gasteiger partial charge on any atom is 0.140 e. The number of fused-ring (bicyclic) bond motifs is 1. The van der Waals surface area contributed by atoms with E-state index < -0.39 is 0 Å². The molecular formula is C11H18N2O. The van der Waals surface area contributed by atoms with Crippen molar-refractivity contribution in [3.05, 3.63) is 17.0 Å². The molecule has 0 amide bonds. The lowest BCUT2D eigenvalue weighted by molar-refractivity contribution is 0.327. The standard InChI is InChI=1S/C11H18N2O/c1-7-4-5-10-11(8(2)13-14-10)9(7)6-12-3/h7,9,12H,4-6H2,1-3H3. The topological polar surface area (TPSA) is 38.1 Å². The van der Waals surface area contributed by atoms with Gasteiger partial charge in [0.15, 0.2) is 0 Å². The summed E-state index contributed by atoms with van der Waals surface area (Å²) in [5.41, 5.74) is 2.44. The molecule has 78 valence electrons. The zero-order chi connectivity index (χ0) is 10.1. The molecule has 14 heavy (non-hydrogen) atoms. The van der Waals surface area contributed by atoms with Gasteiger partial charge in [-0.15, -0.1) is 0 Å². The van der Waals surface area contributed by atoms with Crippen molar-refractivity contribution in [3.8, 4) is 0 Å². The Morgan fingerprint density at radius 1 is 1.57 bits per heavy atom. The van der Waals surface area contributed by atoms with Gasteiger partial charge in [0.25, 0.3) is 0 Å². The Kier molecular flexibility index (Phi) is 2.59. The van der Waals surface area contributed by atoms with Crippen LogP contribution in [0.1, 0.15) is 36.3 Å². The molecule has 0 saturated carbocycles. The Labute approximate surface area is 84.9 Å². The quantitative estimate of drug-likeness (QED) is 0.781. The van der Waals surface area contributed by atoms with Gasteiger partial charge in [0.05, 0.1) is 5.69 Å². The highest BCUT2D eigenvalue weighted by Crippen LogP contribution is 2.37. The summed E-state index contributed by atoms with van der Waals surface area (Å²) in [6, 6.07) is 0. The molecule has 0 aliphatic heterocycles. The largest absolute Gasteiger partial charge is 0.361 e. The number of hydrogen-bond acceptors (Lipinski definition) is 3. The Morgan fingerprint density at radius 2 is 2.36 bits per heavy atom. The summed E-state index contributed by atoms with van der Waals surface area (Å²) in [6.45, 7) is 5.39. The Morgan fingerprint density at radius 3 is 3.07 bits per heavy atom. The number of nitrogens with zero attached hydrogens (tertiary/aromatic N) is 1. The van der Waals surface area contributed by atoms with Crippen LogP contribution in [0, 0.1) is 12.8 Å². The second-order valence-electron chi connectivity index (χ2n) is 4.28. The third-order valence-corrected chi connectivity index (χ3v) is 3.29. The molecule has 0 fully saturated rings. The molecular weight excluding hydrogens is 176 g/mol. The number of hydrogen-bond donors (Lipinski definition) is 1. The molecule has 1 aromatic rings. The lowest BCUT2D eigenvalue weighted by Crippen LogP contribution is -2.27. The van der Waals surface area contributed by atoms with Crippen LogP contribution in [0.3, 0.4) is 0 Å². The van der Waals surface area contributed by atoms with E-state index in [1.165, 1.54) is 12.0 Å². The van der Waals surface area contributed by atoms with Crippen LogP contribution >= 0.6 is 0 Å². The lowest BCUT2D eigenvalue weighted by Gasteiger charge is -2.27. The molecule has 3 nitrogen and oxygen atoms in total. The molecule has 2 unspecified atom stereocenters. The molecule has 1 aliphatic rings. The molecule has 1 aliphatic carbocycles. The molecule has 1 N–H and O–H groups in total. The predicted octanol–water partition coefficient (Wildman–Crippen LogP) is 1.87. The van der Waals surface area contributed by atoms with Crippen molar-refractivity contribution < 1.29 is 4.52 Å². The SMILES string of the molecule is CNCC1c2c(C)noc2CCC1C. The van der Waals surface area contributed by atoms with Crippen molar-refractivity contribution in [3.63, 3.8) is 0 Å². The average Bonchev–Trinajstić information content (AvgIpc) is 2.53. The van der Waals surface area contributed by atoms with E-state index in [-0.39, 0.29) is 0 Å². The van der Waals surface area contributed by atoms with Crippen LogP contribution in [0.5, 0.6) is 0 Å². The highest BCUT2D eigenvalue weighted by atomic mass is 16.5. The minimum Gasteiger partial charge on any atom is -0.361 e. The van der Waals surface area contributed by atoms with Crippen molar-refractivity contribution in [2.75, 3.05) is 13.6 Å². The normalized spacial score (nSPS) is 26.2. The molecule has 2 atom stereocenters. The average molecular weight is 194 g/mol. The first-order chi connectivity index (χ1) is 6.74. The molecule has 2 rings (SSSR count). The third-order valence-electron chi connectivity index (χ3n) is 3.29. The summed E-state index contributed by atoms with van der Waals surface area (Å²) in [6.07, 6.45) is 2.27. The van der Waals surface area contributed by atoms with Crippen molar-refractivity contribution in [2.45, 2.75) is 32.6 Å². The van der Waals surface area contributed by atoms with Crippen LogP contribution in [-0.4, -0.2) is 18.7 Å². The number of likely N-dealkylation sites (N-methyl/N-ethyl adjacent to an activating group) is 1. The van der Waals surface area contributed by atoms with E-state index in [4.69, 9.17) is 4.52 Å². The number of rotatable bonds is 2. The highest BCUT2D eigenvalue weighted by molar-refractivity contribution is 5.30. The van der Waals surface area contributed by atoms with Gasteiger partial charge in [-0.2, -0.15) is 0 Å². The summed E-state index contributed by atoms with van der Waals surface area (Å²) < 4.78 is 5.33. The minimum atomic E-state index is 0.579. The second kappa shape index (κ2) is 3.73. The van der Waals surface area contributed by atoms with Gasteiger partial charge < -0.3 is 9.84 Å². The van der Waals surface area contributed by atoms with Crippen LogP contribution in [0.15, 0.2) is 4.52 Å². The molecule has 0 saturated heterocycles. The zero-order valence-corrected chi connectivity index (χ0v) is 9.13. The monoisotopic (exact) mass is 194 g/mol. The van der Waals surface area contributed by atoms with Crippen LogP contribution in [0.25, 0.3) is 0 Å². The summed E-state index contributed by atoms with van der Waals surface area (Å²) >= 11 is 0. The highest BCUT2D eigenvalue weighted by Gasteiger charge is 2.30. The van der Waals surface area contributed by atoms with Crippen molar-refractivity contribution in [1.82, 2.24) is 10.5 Å². The summed E-state index contributed by atoms with van der Waals surface area (Å²) in [7, 11) is 2.00. The molecule has 0 aromatic carbocycles. The summed E-state index contributed by atoms with van der Waals surface area (Å²) in [4.78, 5) is 0. The van der Waals surface area contributed by atoms with E-state index in [0.29, 0.717) is 5.92 Å². The van der Waals surface area contributed by atoms with E-state index in [0.717, 1.165) is 30.3 Å². The van der Waals surface area contributed by atoms with Crippen molar-refractivity contribution in [1.29, 1.82) is 0 Å². The van der Waals surface area contributed by atoms with Gasteiger partial charge in [-0.1, -0.05) is 12.1 Å². The molecule has 1 aromatic heterocycles. The van der Waals surface area contributed by atoms with E-state index >= 15 is 0 Å². The third kappa shape index (κ3) is 1.46. The van der Waals surface area contributed by atoms with E-state index in [9.17, 15) is 0 Å². The first-order valence-electron chi connectivity index (χ1n) is 5.33. The van der Waals surface area contributed by atoms with Gasteiger partial charge in [0.2, 0.25) is 0 Å². The van der Waals surface area contributed by atoms with E-state index in [1.54, 1.807) is 0 Å². The molecule has 0 radical (unpaired) electrons. The molecule has 0 spiro atoms. The fourth-order valence-corrected chi connectivity index (χ4v) is 2.45. The van der Waals surface area contributed by atoms with E-state index in [1.807, 2.05) is 14.0 Å². The Balaban J connectivity index is 2.34. The predicted molar refractivity (Wildman–Crippen MR) is 55.4 cm³/mol. The number of aromatic nitrogens is 1. The summed E-state index contributed by atoms with van der Waals surface area (Å²) in [5.74, 6) is 2.42. The Bertz CT molecular complexity index is 319. The first-order valence-corrected chi connectivity index (χ1v) is 5.33.